The van der Waals surface area contributed by atoms with Gasteiger partial charge in [0.15, 0.2) is 6.10 Å². The van der Waals surface area contributed by atoms with E-state index in [9.17, 15) is 18.0 Å². The molecule has 2 atom stereocenters. The Balaban J connectivity index is 1.47. The predicted octanol–water partition coefficient (Wildman–Crippen LogP) is 3.97. The molecule has 0 unspecified atom stereocenters. The van der Waals surface area contributed by atoms with Gasteiger partial charge in [0.25, 0.3) is 5.91 Å². The van der Waals surface area contributed by atoms with E-state index >= 15 is 0 Å². The molecule has 1 aliphatic heterocycles. The van der Waals surface area contributed by atoms with Crippen LogP contribution in [0.1, 0.15) is 64.5 Å². The molecule has 1 aliphatic carbocycles. The highest BCUT2D eigenvalue weighted by Gasteiger charge is 2.31. The molecular formula is C33H40N6O5S. The number of anilines is 1. The molecule has 5 rings (SSSR count). The number of rotatable bonds is 11. The summed E-state index contributed by atoms with van der Waals surface area (Å²) in [7, 11) is -2.72. The Morgan fingerprint density at radius 3 is 2.53 bits per heavy atom. The van der Waals surface area contributed by atoms with E-state index in [1.807, 2.05) is 32.2 Å². The van der Waals surface area contributed by atoms with E-state index in [-0.39, 0.29) is 28.2 Å². The summed E-state index contributed by atoms with van der Waals surface area (Å²) in [5.74, 6) is 0.449. The molecule has 238 valence electrons. The molecular weight excluding hydrogens is 592 g/mol. The molecule has 2 aliphatic rings. The predicted molar refractivity (Wildman–Crippen MR) is 172 cm³/mol. The lowest BCUT2D eigenvalue weighted by atomic mass is 10.1. The van der Waals surface area contributed by atoms with E-state index in [2.05, 4.69) is 32.6 Å². The second-order valence-corrected chi connectivity index (χ2v) is 13.5. The number of hydrogen-bond donors (Lipinski definition) is 2. The fourth-order valence-electron chi connectivity index (χ4n) is 5.60. The Bertz CT molecular complexity index is 1690. The molecule has 11 nitrogen and oxygen atoms in total. The molecule has 3 heterocycles. The standard InChI is InChI=1S/C33H40N6O5S/c1-6-31(40)39-15-14-38(19-23(39)4)20-29(27-12-11-25(18-36-27)24-9-10-24)44-28-16-22(3)26(17-30(28)45(42,43)34-5)33(41)37-32-21(2)8-7-13-35-32/h6-8,11-13,16-18,23-24,29,34H,1,9-10,14-15,19-20H2,2-5H3,(H,35,37,41)/t23-,29-/m1/s1. The quantitative estimate of drug-likeness (QED) is 0.304. The average molecular weight is 633 g/mol. The van der Waals surface area contributed by atoms with Crippen LogP contribution in [0.5, 0.6) is 5.75 Å². The smallest absolute Gasteiger partial charge is 0.257 e. The van der Waals surface area contributed by atoms with Crippen LogP contribution in [-0.2, 0) is 14.8 Å². The minimum atomic E-state index is -4.04. The van der Waals surface area contributed by atoms with E-state index in [4.69, 9.17) is 9.72 Å². The molecule has 3 aromatic rings. The maximum absolute atomic E-state index is 13.3. The zero-order valence-electron chi connectivity index (χ0n) is 26.1. The van der Waals surface area contributed by atoms with E-state index < -0.39 is 22.0 Å². The van der Waals surface area contributed by atoms with Crippen molar-refractivity contribution >= 4 is 27.7 Å². The van der Waals surface area contributed by atoms with Gasteiger partial charge in [0.05, 0.1) is 5.69 Å². The van der Waals surface area contributed by atoms with Crippen LogP contribution in [0, 0.1) is 13.8 Å². The topological polar surface area (TPSA) is 134 Å². The molecule has 1 saturated carbocycles. The Morgan fingerprint density at radius 2 is 1.91 bits per heavy atom. The van der Waals surface area contributed by atoms with Gasteiger partial charge < -0.3 is 15.0 Å². The number of amides is 2. The molecule has 0 spiro atoms. The Labute approximate surface area is 264 Å². The fourth-order valence-corrected chi connectivity index (χ4v) is 6.46. The Hall–Kier alpha value is -4.13. The zero-order valence-corrected chi connectivity index (χ0v) is 26.9. The van der Waals surface area contributed by atoms with Gasteiger partial charge in [-0.25, -0.2) is 18.1 Å². The normalized spacial score (nSPS) is 17.9. The van der Waals surface area contributed by atoms with Crippen molar-refractivity contribution in [2.75, 3.05) is 38.5 Å². The summed E-state index contributed by atoms with van der Waals surface area (Å²) in [6.07, 6.45) is 6.45. The molecule has 2 fully saturated rings. The molecule has 2 amide bonds. The number of hydrogen-bond acceptors (Lipinski definition) is 8. The number of pyridine rings is 2. The highest BCUT2D eigenvalue weighted by atomic mass is 32.2. The lowest BCUT2D eigenvalue weighted by Crippen LogP contribution is -2.54. The molecule has 2 N–H and O–H groups in total. The molecule has 0 radical (unpaired) electrons. The van der Waals surface area contributed by atoms with Gasteiger partial charge >= 0.3 is 0 Å². The average Bonchev–Trinajstić information content (AvgIpc) is 3.87. The second-order valence-electron chi connectivity index (χ2n) is 11.7. The van der Waals surface area contributed by atoms with Gasteiger partial charge in [0, 0.05) is 50.2 Å². The monoisotopic (exact) mass is 632 g/mol. The van der Waals surface area contributed by atoms with Crippen molar-refractivity contribution in [3.63, 3.8) is 0 Å². The highest BCUT2D eigenvalue weighted by Crippen LogP contribution is 2.40. The van der Waals surface area contributed by atoms with Crippen LogP contribution < -0.4 is 14.8 Å². The van der Waals surface area contributed by atoms with Crippen molar-refractivity contribution in [2.45, 2.75) is 56.6 Å². The molecule has 1 saturated heterocycles. The first-order chi connectivity index (χ1) is 21.5. The Kier molecular flexibility index (Phi) is 9.66. The number of aromatic nitrogens is 2. The summed E-state index contributed by atoms with van der Waals surface area (Å²) in [6.45, 7) is 11.3. The van der Waals surface area contributed by atoms with Crippen molar-refractivity contribution in [3.8, 4) is 5.75 Å². The highest BCUT2D eigenvalue weighted by molar-refractivity contribution is 7.89. The Morgan fingerprint density at radius 1 is 1.13 bits per heavy atom. The van der Waals surface area contributed by atoms with Crippen LogP contribution >= 0.6 is 0 Å². The van der Waals surface area contributed by atoms with Crippen LogP contribution in [0.25, 0.3) is 0 Å². The maximum Gasteiger partial charge on any atom is 0.257 e. The first kappa shape index (κ1) is 32.3. The molecule has 1 aromatic carbocycles. The van der Waals surface area contributed by atoms with Gasteiger partial charge in [-0.2, -0.15) is 0 Å². The summed E-state index contributed by atoms with van der Waals surface area (Å²) < 4.78 is 35.6. The maximum atomic E-state index is 13.3. The summed E-state index contributed by atoms with van der Waals surface area (Å²) in [5.41, 5.74) is 3.33. The van der Waals surface area contributed by atoms with Crippen molar-refractivity contribution in [2.24, 2.45) is 0 Å². The van der Waals surface area contributed by atoms with Crippen molar-refractivity contribution in [1.29, 1.82) is 0 Å². The van der Waals surface area contributed by atoms with Gasteiger partial charge in [-0.1, -0.05) is 18.7 Å². The van der Waals surface area contributed by atoms with Gasteiger partial charge in [0.1, 0.15) is 16.5 Å². The van der Waals surface area contributed by atoms with Crippen LogP contribution in [0.4, 0.5) is 5.82 Å². The number of piperazine rings is 1. The molecule has 0 bridgehead atoms. The summed E-state index contributed by atoms with van der Waals surface area (Å²) in [5, 5.41) is 2.79. The number of sulfonamides is 1. The molecule has 12 heteroatoms. The van der Waals surface area contributed by atoms with E-state index in [1.54, 1.807) is 30.2 Å². The van der Waals surface area contributed by atoms with Gasteiger partial charge in [-0.3, -0.25) is 19.5 Å². The van der Waals surface area contributed by atoms with E-state index in [0.29, 0.717) is 49.2 Å². The molecule has 45 heavy (non-hydrogen) atoms. The van der Waals surface area contributed by atoms with E-state index in [1.165, 1.54) is 24.8 Å². The number of nitrogens with zero attached hydrogens (tertiary/aromatic N) is 4. The van der Waals surface area contributed by atoms with Crippen molar-refractivity contribution in [3.05, 3.63) is 89.4 Å². The first-order valence-electron chi connectivity index (χ1n) is 15.1. The fraction of sp³-hybridized carbons (Fsp3) is 0.394. The second kappa shape index (κ2) is 13.5. The van der Waals surface area contributed by atoms with Crippen LogP contribution in [-0.4, -0.2) is 79.3 Å². The number of ether oxygens (including phenoxy) is 1. The van der Waals surface area contributed by atoms with Crippen molar-refractivity contribution < 1.29 is 22.7 Å². The summed E-state index contributed by atoms with van der Waals surface area (Å²) in [6, 6.07) is 10.5. The van der Waals surface area contributed by atoms with Crippen LogP contribution in [0.2, 0.25) is 0 Å². The zero-order chi connectivity index (χ0) is 32.3. The third-order valence-corrected chi connectivity index (χ3v) is 9.82. The van der Waals surface area contributed by atoms with Crippen molar-refractivity contribution in [1.82, 2.24) is 24.5 Å². The molecule has 2 aromatic heterocycles. The van der Waals surface area contributed by atoms with Gasteiger partial charge in [-0.05, 0) is 93.6 Å². The lowest BCUT2D eigenvalue weighted by molar-refractivity contribution is -0.130. The minimum Gasteiger partial charge on any atom is -0.481 e. The van der Waals surface area contributed by atoms with Gasteiger partial charge in [-0.15, -0.1) is 0 Å². The number of carbonyl (C=O) groups is 2. The van der Waals surface area contributed by atoms with E-state index in [0.717, 1.165) is 18.4 Å². The first-order valence-corrected chi connectivity index (χ1v) is 16.6. The number of carbonyl (C=O) groups excluding carboxylic acids is 2. The number of nitrogens with one attached hydrogen (secondary N) is 2. The lowest BCUT2D eigenvalue weighted by Gasteiger charge is -2.40. The van der Waals surface area contributed by atoms with Gasteiger partial charge in [0.2, 0.25) is 15.9 Å². The third-order valence-electron chi connectivity index (χ3n) is 8.39. The number of benzene rings is 1. The number of aryl methyl sites for hydroxylation is 2. The summed E-state index contributed by atoms with van der Waals surface area (Å²) >= 11 is 0. The minimum absolute atomic E-state index is 0.0434. The van der Waals surface area contributed by atoms with Crippen LogP contribution in [0.15, 0.2) is 66.3 Å². The largest absolute Gasteiger partial charge is 0.481 e. The van der Waals surface area contributed by atoms with Crippen LogP contribution in [0.3, 0.4) is 0 Å². The SMILES string of the molecule is C=CC(=O)N1CCN(C[C@@H](Oc2cc(C)c(C(=O)Nc3ncccc3C)cc2S(=O)(=O)NC)c2ccc(C3CC3)cn2)C[C@H]1C. The summed E-state index contributed by atoms with van der Waals surface area (Å²) in [4.78, 5) is 38.4. The third kappa shape index (κ3) is 7.41.